The number of halogens is 1. The molecule has 27 heavy (non-hydrogen) atoms. The maximum absolute atomic E-state index is 12.2. The quantitative estimate of drug-likeness (QED) is 0.496. The Labute approximate surface area is 164 Å². The normalized spacial score (nSPS) is 15.2. The van der Waals surface area contributed by atoms with Crippen molar-refractivity contribution in [3.8, 4) is 0 Å². The highest BCUT2D eigenvalue weighted by atomic mass is 35.5. The lowest BCUT2D eigenvalue weighted by molar-refractivity contribution is 0.388. The average Bonchev–Trinajstić information content (AvgIpc) is 2.38. The molecule has 1 atom stereocenters. The highest BCUT2D eigenvalue weighted by Gasteiger charge is 2.41. The minimum absolute atomic E-state index is 0.0252. The standard InChI is InChI=1S/C12H19ClN2O8S4/c1-24(16,17)14(25(2,18)19)9-12(10-7-5-6-8-11(10)13)15(26(3,20)21)27(4,22)23/h5-8,12H,9H2,1-4H3. The zero-order valence-corrected chi connectivity index (χ0v) is 18.8. The summed E-state index contributed by atoms with van der Waals surface area (Å²) in [5.74, 6) is 0. The van der Waals surface area contributed by atoms with E-state index in [0.717, 1.165) is 0 Å². The van der Waals surface area contributed by atoms with Crippen LogP contribution < -0.4 is 0 Å². The summed E-state index contributed by atoms with van der Waals surface area (Å²) < 4.78 is 96.5. The second-order valence-corrected chi connectivity index (χ2v) is 14.2. The zero-order valence-electron chi connectivity index (χ0n) is 14.8. The lowest BCUT2D eigenvalue weighted by Gasteiger charge is -2.31. The van der Waals surface area contributed by atoms with Crippen molar-refractivity contribution >= 4 is 51.7 Å². The summed E-state index contributed by atoms with van der Waals surface area (Å²) in [7, 11) is -17.7. The lowest BCUT2D eigenvalue weighted by atomic mass is 10.1. The third-order valence-corrected chi connectivity index (χ3v) is 10.4. The first kappa shape index (κ1) is 24.3. The second-order valence-electron chi connectivity index (χ2n) is 5.77. The summed E-state index contributed by atoms with van der Waals surface area (Å²) in [4.78, 5) is 0. The highest BCUT2D eigenvalue weighted by molar-refractivity contribution is 8.04. The van der Waals surface area contributed by atoms with Crippen LogP contribution in [-0.4, -0.2) is 72.7 Å². The summed E-state index contributed by atoms with van der Waals surface area (Å²) in [5.41, 5.74) is -0.0766. The molecule has 0 bridgehead atoms. The van der Waals surface area contributed by atoms with Gasteiger partial charge in [-0.1, -0.05) is 37.2 Å². The number of sulfonamides is 4. The topological polar surface area (TPSA) is 143 Å². The fraction of sp³-hybridized carbons (Fsp3) is 0.500. The summed E-state index contributed by atoms with van der Waals surface area (Å²) in [6, 6.07) is 3.77. The first-order valence-corrected chi connectivity index (χ1v) is 14.8. The highest BCUT2D eigenvalue weighted by Crippen LogP contribution is 2.33. The molecule has 0 fully saturated rings. The number of nitrogens with zero attached hydrogens (tertiary/aromatic N) is 2. The minimum Gasteiger partial charge on any atom is -0.212 e. The smallest absolute Gasteiger partial charge is 0.212 e. The van der Waals surface area contributed by atoms with Crippen LogP contribution >= 0.6 is 11.6 Å². The van der Waals surface area contributed by atoms with Gasteiger partial charge in [0.1, 0.15) is 0 Å². The Balaban J connectivity index is 3.84. The van der Waals surface area contributed by atoms with Gasteiger partial charge >= 0.3 is 0 Å². The monoisotopic (exact) mass is 482 g/mol. The predicted molar refractivity (Wildman–Crippen MR) is 102 cm³/mol. The van der Waals surface area contributed by atoms with Gasteiger partial charge in [-0.3, -0.25) is 0 Å². The van der Waals surface area contributed by atoms with E-state index in [-0.39, 0.29) is 18.0 Å². The number of hydrogen-bond donors (Lipinski definition) is 0. The number of hydrogen-bond acceptors (Lipinski definition) is 8. The van der Waals surface area contributed by atoms with E-state index < -0.39 is 52.7 Å². The molecule has 0 spiro atoms. The van der Waals surface area contributed by atoms with Crippen molar-refractivity contribution in [3.05, 3.63) is 34.9 Å². The van der Waals surface area contributed by atoms with Gasteiger partial charge < -0.3 is 0 Å². The van der Waals surface area contributed by atoms with Gasteiger partial charge in [0.05, 0.1) is 37.6 Å². The molecule has 0 radical (unpaired) electrons. The molecule has 10 nitrogen and oxygen atoms in total. The van der Waals surface area contributed by atoms with Crippen LogP contribution in [0.4, 0.5) is 0 Å². The van der Waals surface area contributed by atoms with Crippen molar-refractivity contribution < 1.29 is 33.7 Å². The Bertz CT molecular complexity index is 1060. The molecule has 1 aromatic rings. The fourth-order valence-corrected chi connectivity index (χ4v) is 8.70. The van der Waals surface area contributed by atoms with Crippen LogP contribution in [0.25, 0.3) is 0 Å². The van der Waals surface area contributed by atoms with Crippen molar-refractivity contribution in [2.45, 2.75) is 6.04 Å². The molecule has 0 N–H and O–H groups in total. The number of benzene rings is 1. The Kier molecular flexibility index (Phi) is 7.12. The third-order valence-electron chi connectivity index (χ3n) is 3.23. The van der Waals surface area contributed by atoms with Gasteiger partial charge in [0.2, 0.25) is 40.1 Å². The number of rotatable bonds is 8. The Hall–Kier alpha value is -0.770. The van der Waals surface area contributed by atoms with Gasteiger partial charge in [-0.15, -0.1) is 0 Å². The Morgan fingerprint density at radius 2 is 1.19 bits per heavy atom. The molecule has 0 aliphatic heterocycles. The summed E-state index contributed by atoms with van der Waals surface area (Å²) in [6.45, 7) is -1.01. The first-order valence-electron chi connectivity index (χ1n) is 6.98. The Morgan fingerprint density at radius 3 is 1.52 bits per heavy atom. The van der Waals surface area contributed by atoms with Gasteiger partial charge in [-0.2, -0.15) is 0 Å². The van der Waals surface area contributed by atoms with Crippen LogP contribution in [0.3, 0.4) is 0 Å². The van der Waals surface area contributed by atoms with Crippen molar-refractivity contribution in [2.75, 3.05) is 31.6 Å². The van der Waals surface area contributed by atoms with Crippen LogP contribution in [0.15, 0.2) is 24.3 Å². The molecule has 0 saturated heterocycles. The van der Waals surface area contributed by atoms with E-state index in [1.165, 1.54) is 24.3 Å². The van der Waals surface area contributed by atoms with E-state index in [4.69, 9.17) is 11.6 Å². The van der Waals surface area contributed by atoms with Crippen molar-refractivity contribution in [1.82, 2.24) is 7.42 Å². The van der Waals surface area contributed by atoms with E-state index in [1.807, 2.05) is 0 Å². The van der Waals surface area contributed by atoms with Gasteiger partial charge in [0.15, 0.2) is 0 Å². The van der Waals surface area contributed by atoms with Crippen LogP contribution in [-0.2, 0) is 40.1 Å². The molecule has 1 unspecified atom stereocenters. The summed E-state index contributed by atoms with van der Waals surface area (Å²) in [6.07, 6.45) is 2.40. The van der Waals surface area contributed by atoms with E-state index in [0.29, 0.717) is 25.0 Å². The van der Waals surface area contributed by atoms with Crippen molar-refractivity contribution in [3.63, 3.8) is 0 Å². The summed E-state index contributed by atoms with van der Waals surface area (Å²) >= 11 is 6.04. The van der Waals surface area contributed by atoms with Crippen LogP contribution in [0.1, 0.15) is 11.6 Å². The summed E-state index contributed by atoms with van der Waals surface area (Å²) in [5, 5.41) is -0.0678. The molecule has 0 aromatic heterocycles. The largest absolute Gasteiger partial charge is 0.224 e. The van der Waals surface area contributed by atoms with Crippen LogP contribution in [0.2, 0.25) is 5.02 Å². The van der Waals surface area contributed by atoms with Gasteiger partial charge in [-0.05, 0) is 11.6 Å². The molecular formula is C12H19ClN2O8S4. The molecule has 0 amide bonds. The maximum Gasteiger partial charge on any atom is 0.224 e. The van der Waals surface area contributed by atoms with E-state index in [2.05, 4.69) is 0 Å². The SMILES string of the molecule is CS(=O)(=O)N(CC(c1ccccc1Cl)N(S(C)(=O)=O)S(C)(=O)=O)S(C)(=O)=O. The molecule has 0 heterocycles. The average molecular weight is 483 g/mol. The lowest BCUT2D eigenvalue weighted by Crippen LogP contribution is -2.46. The maximum atomic E-state index is 12.2. The van der Waals surface area contributed by atoms with E-state index in [1.54, 1.807) is 0 Å². The molecule has 0 aliphatic rings. The molecule has 0 aliphatic carbocycles. The molecular weight excluding hydrogens is 464 g/mol. The molecule has 1 aromatic carbocycles. The van der Waals surface area contributed by atoms with Crippen molar-refractivity contribution in [1.29, 1.82) is 0 Å². The fourth-order valence-electron chi connectivity index (χ4n) is 2.39. The van der Waals surface area contributed by atoms with Crippen molar-refractivity contribution in [2.24, 2.45) is 0 Å². The van der Waals surface area contributed by atoms with Gasteiger partial charge in [-0.25, -0.2) is 33.7 Å². The zero-order chi connectivity index (χ0) is 21.4. The van der Waals surface area contributed by atoms with E-state index in [9.17, 15) is 33.7 Å². The molecule has 0 saturated carbocycles. The second kappa shape index (κ2) is 7.93. The van der Waals surface area contributed by atoms with E-state index >= 15 is 0 Å². The molecule has 1 rings (SSSR count). The third kappa shape index (κ3) is 6.37. The van der Waals surface area contributed by atoms with Gasteiger partial charge in [0, 0.05) is 5.02 Å². The molecule has 156 valence electrons. The molecule has 15 heteroatoms. The minimum atomic E-state index is -4.45. The van der Waals surface area contributed by atoms with Crippen LogP contribution in [0.5, 0.6) is 0 Å². The van der Waals surface area contributed by atoms with Crippen LogP contribution in [0, 0.1) is 0 Å². The first-order chi connectivity index (χ1) is 11.9. The Morgan fingerprint density at radius 1 is 0.778 bits per heavy atom. The van der Waals surface area contributed by atoms with Gasteiger partial charge in [0.25, 0.3) is 0 Å². The predicted octanol–water partition coefficient (Wildman–Crippen LogP) is -0.176.